The van der Waals surface area contributed by atoms with Crippen LogP contribution < -0.4 is 16.2 Å². The van der Waals surface area contributed by atoms with Crippen LogP contribution in [0.1, 0.15) is 24.2 Å². The molecule has 0 aliphatic carbocycles. The van der Waals surface area contributed by atoms with E-state index in [0.717, 1.165) is 25.2 Å². The van der Waals surface area contributed by atoms with Crippen LogP contribution in [0.4, 0.5) is 0 Å². The highest BCUT2D eigenvalue weighted by molar-refractivity contribution is 7.20. The van der Waals surface area contributed by atoms with Gasteiger partial charge in [-0.05, 0) is 42.9 Å². The third-order valence-electron chi connectivity index (χ3n) is 3.92. The van der Waals surface area contributed by atoms with Crippen molar-refractivity contribution in [3.8, 4) is 16.9 Å². The second-order valence-electron chi connectivity index (χ2n) is 5.70. The summed E-state index contributed by atoms with van der Waals surface area (Å²) in [7, 11) is 0. The predicted octanol–water partition coefficient (Wildman–Crippen LogP) is 3.86. The first-order chi connectivity index (χ1) is 12.8. The molecule has 6 nitrogen and oxygen atoms in total. The van der Waals surface area contributed by atoms with Gasteiger partial charge in [0.25, 0.3) is 5.91 Å². The zero-order chi connectivity index (χ0) is 20.0. The molecule has 146 valence electrons. The Morgan fingerprint density at radius 2 is 1.89 bits per heavy atom. The standard InChI is InChI=1S/C18H22Cl2N4O2S/c1-3-24(4-2)5-6-26-13-8-11(14-10-15(19)27-16(14)20)7-12(9-13)17(25)23-18(21)22/h7-10H,3-6H2,1-2H3,(H4,21,22,23,25). The van der Waals surface area contributed by atoms with Gasteiger partial charge in [-0.1, -0.05) is 37.0 Å². The summed E-state index contributed by atoms with van der Waals surface area (Å²) in [6, 6.07) is 6.84. The quantitative estimate of drug-likeness (QED) is 0.491. The van der Waals surface area contributed by atoms with Gasteiger partial charge in [0.15, 0.2) is 5.96 Å². The van der Waals surface area contributed by atoms with Crippen molar-refractivity contribution in [2.45, 2.75) is 13.8 Å². The van der Waals surface area contributed by atoms with Gasteiger partial charge >= 0.3 is 0 Å². The molecule has 0 unspecified atom stereocenters. The predicted molar refractivity (Wildman–Crippen MR) is 113 cm³/mol. The molecule has 27 heavy (non-hydrogen) atoms. The Hall–Kier alpha value is -1.80. The lowest BCUT2D eigenvalue weighted by atomic mass is 10.0. The number of carbonyl (C=O) groups is 1. The van der Waals surface area contributed by atoms with Crippen LogP contribution in [0.25, 0.3) is 11.1 Å². The van der Waals surface area contributed by atoms with E-state index in [1.165, 1.54) is 11.3 Å². The highest BCUT2D eigenvalue weighted by atomic mass is 35.5. The molecule has 4 N–H and O–H groups in total. The number of aliphatic imine (C=N–C) groups is 1. The first-order valence-corrected chi connectivity index (χ1v) is 10.0. The van der Waals surface area contributed by atoms with Gasteiger partial charge in [0, 0.05) is 17.7 Å². The summed E-state index contributed by atoms with van der Waals surface area (Å²) >= 11 is 13.6. The highest BCUT2D eigenvalue weighted by Crippen LogP contribution is 2.39. The third-order valence-corrected chi connectivity index (χ3v) is 5.41. The molecule has 1 aromatic carbocycles. The number of carbonyl (C=O) groups excluding carboxylic acids is 1. The van der Waals surface area contributed by atoms with Gasteiger partial charge in [-0.2, -0.15) is 4.99 Å². The molecule has 1 heterocycles. The number of benzene rings is 1. The van der Waals surface area contributed by atoms with E-state index in [2.05, 4.69) is 23.7 Å². The first kappa shape index (κ1) is 21.5. The van der Waals surface area contributed by atoms with Gasteiger partial charge in [0.05, 0.1) is 4.34 Å². The number of thiophene rings is 1. The second kappa shape index (κ2) is 9.94. The Bertz CT molecular complexity index is 831. The second-order valence-corrected chi connectivity index (χ2v) is 7.99. The van der Waals surface area contributed by atoms with Gasteiger partial charge in [0.2, 0.25) is 0 Å². The van der Waals surface area contributed by atoms with E-state index >= 15 is 0 Å². The number of rotatable bonds is 8. The molecule has 0 atom stereocenters. The van der Waals surface area contributed by atoms with Crippen LogP contribution in [-0.4, -0.2) is 43.0 Å². The summed E-state index contributed by atoms with van der Waals surface area (Å²) in [5, 5.41) is 0. The summed E-state index contributed by atoms with van der Waals surface area (Å²) in [6.45, 7) is 7.34. The van der Waals surface area contributed by atoms with Crippen LogP contribution in [0.2, 0.25) is 8.67 Å². The summed E-state index contributed by atoms with van der Waals surface area (Å²) in [6.07, 6.45) is 0. The number of nitrogens with two attached hydrogens (primary N) is 2. The average Bonchev–Trinajstić information content (AvgIpc) is 2.96. The topological polar surface area (TPSA) is 93.9 Å². The van der Waals surface area contributed by atoms with Crippen molar-refractivity contribution >= 4 is 46.4 Å². The monoisotopic (exact) mass is 428 g/mol. The van der Waals surface area contributed by atoms with Crippen molar-refractivity contribution < 1.29 is 9.53 Å². The maximum Gasteiger partial charge on any atom is 0.280 e. The highest BCUT2D eigenvalue weighted by Gasteiger charge is 2.14. The van der Waals surface area contributed by atoms with E-state index in [0.29, 0.717) is 32.2 Å². The molecule has 0 aliphatic rings. The van der Waals surface area contributed by atoms with Crippen molar-refractivity contribution in [1.29, 1.82) is 0 Å². The molecule has 0 saturated carbocycles. The van der Waals surface area contributed by atoms with Gasteiger partial charge in [-0.15, -0.1) is 11.3 Å². The van der Waals surface area contributed by atoms with Crippen LogP contribution in [0.15, 0.2) is 29.3 Å². The summed E-state index contributed by atoms with van der Waals surface area (Å²) in [5.41, 5.74) is 12.4. The molecular formula is C18H22Cl2N4O2S. The minimum Gasteiger partial charge on any atom is -0.492 e. The first-order valence-electron chi connectivity index (χ1n) is 8.43. The Labute approximate surface area is 172 Å². The normalized spacial score (nSPS) is 10.9. The van der Waals surface area contributed by atoms with E-state index in [9.17, 15) is 4.79 Å². The van der Waals surface area contributed by atoms with Crippen LogP contribution in [-0.2, 0) is 0 Å². The van der Waals surface area contributed by atoms with Crippen molar-refractivity contribution in [2.24, 2.45) is 16.5 Å². The number of likely N-dealkylation sites (N-methyl/N-ethyl adjacent to an activating group) is 1. The zero-order valence-corrected chi connectivity index (χ0v) is 17.5. The van der Waals surface area contributed by atoms with Crippen LogP contribution >= 0.6 is 34.5 Å². The largest absolute Gasteiger partial charge is 0.492 e. The molecule has 0 aliphatic heterocycles. The fourth-order valence-corrected chi connectivity index (χ4v) is 4.02. The molecule has 9 heteroatoms. The average molecular weight is 429 g/mol. The molecule has 0 spiro atoms. The van der Waals surface area contributed by atoms with Crippen LogP contribution in [0.5, 0.6) is 5.75 Å². The lowest BCUT2D eigenvalue weighted by Gasteiger charge is -2.18. The van der Waals surface area contributed by atoms with E-state index in [-0.39, 0.29) is 5.96 Å². The molecule has 1 amide bonds. The van der Waals surface area contributed by atoms with Gasteiger partial charge in [-0.25, -0.2) is 0 Å². The van der Waals surface area contributed by atoms with Crippen molar-refractivity contribution in [1.82, 2.24) is 4.90 Å². The van der Waals surface area contributed by atoms with Crippen molar-refractivity contribution in [2.75, 3.05) is 26.2 Å². The number of guanidine groups is 1. The maximum atomic E-state index is 12.3. The van der Waals surface area contributed by atoms with Crippen LogP contribution in [0.3, 0.4) is 0 Å². The zero-order valence-electron chi connectivity index (χ0n) is 15.2. The van der Waals surface area contributed by atoms with Crippen molar-refractivity contribution in [3.63, 3.8) is 0 Å². The minimum absolute atomic E-state index is 0.300. The Morgan fingerprint density at radius 1 is 1.19 bits per heavy atom. The molecule has 0 radical (unpaired) electrons. The number of hydrogen-bond donors (Lipinski definition) is 2. The molecule has 0 fully saturated rings. The Kier molecular flexibility index (Phi) is 7.91. The SMILES string of the molecule is CCN(CC)CCOc1cc(C(=O)N=C(N)N)cc(-c2cc(Cl)sc2Cl)c1. The smallest absolute Gasteiger partial charge is 0.280 e. The van der Waals surface area contributed by atoms with E-state index in [1.54, 1.807) is 18.2 Å². The van der Waals surface area contributed by atoms with E-state index < -0.39 is 5.91 Å². The van der Waals surface area contributed by atoms with Gasteiger partial charge < -0.3 is 21.1 Å². The van der Waals surface area contributed by atoms with Gasteiger partial charge in [0.1, 0.15) is 16.7 Å². The maximum absolute atomic E-state index is 12.3. The number of halogens is 2. The minimum atomic E-state index is -0.553. The molecule has 0 bridgehead atoms. The molecule has 1 aromatic heterocycles. The summed E-state index contributed by atoms with van der Waals surface area (Å²) in [4.78, 5) is 18.1. The van der Waals surface area contributed by atoms with E-state index in [4.69, 9.17) is 39.4 Å². The van der Waals surface area contributed by atoms with Crippen LogP contribution in [0, 0.1) is 0 Å². The number of ether oxygens (including phenoxy) is 1. The lowest BCUT2D eigenvalue weighted by molar-refractivity contribution is 0.100. The lowest BCUT2D eigenvalue weighted by Crippen LogP contribution is -2.27. The fraction of sp³-hybridized carbons (Fsp3) is 0.333. The molecule has 2 aromatic rings. The molecule has 0 saturated heterocycles. The molecular weight excluding hydrogens is 407 g/mol. The number of amides is 1. The Morgan fingerprint density at radius 3 is 2.44 bits per heavy atom. The molecule has 2 rings (SSSR count). The fourth-order valence-electron chi connectivity index (χ4n) is 2.51. The third kappa shape index (κ3) is 6.10. The van der Waals surface area contributed by atoms with E-state index in [1.807, 2.05) is 6.07 Å². The van der Waals surface area contributed by atoms with Gasteiger partial charge in [-0.3, -0.25) is 4.79 Å². The van der Waals surface area contributed by atoms with Crippen molar-refractivity contribution in [3.05, 3.63) is 38.5 Å². The Balaban J connectivity index is 2.34. The number of hydrogen-bond acceptors (Lipinski definition) is 4. The summed E-state index contributed by atoms with van der Waals surface area (Å²) in [5.74, 6) is -0.318. The summed E-state index contributed by atoms with van der Waals surface area (Å²) < 4.78 is 6.95. The number of nitrogens with zero attached hydrogens (tertiary/aromatic N) is 2.